The summed E-state index contributed by atoms with van der Waals surface area (Å²) >= 11 is 0. The van der Waals surface area contributed by atoms with E-state index < -0.39 is 5.97 Å². The number of aromatic carboxylic acids is 1. The second-order valence-electron chi connectivity index (χ2n) is 7.60. The number of aromatic nitrogens is 3. The standard InChI is InChI=1S/C22H24N4O2/c1-15-13-25(2)14-21(15)26-20(10-17-11-23-9-8-18(17)22(27)28)19(12-24-26)16-6-4-3-5-7-16/h3-9,11-12,15,21H,10,13-14H2,1-2H3,(H,27,28)/t15-,21-/m1/s1. The Morgan fingerprint density at radius 1 is 1.18 bits per heavy atom. The van der Waals surface area contributed by atoms with Crippen molar-refractivity contribution in [2.75, 3.05) is 20.1 Å². The predicted molar refractivity (Wildman–Crippen MR) is 107 cm³/mol. The van der Waals surface area contributed by atoms with Crippen LogP contribution in [0.2, 0.25) is 0 Å². The van der Waals surface area contributed by atoms with E-state index in [4.69, 9.17) is 5.10 Å². The normalized spacial score (nSPS) is 19.8. The highest BCUT2D eigenvalue weighted by Crippen LogP contribution is 2.33. The molecule has 0 aliphatic carbocycles. The molecule has 1 aliphatic heterocycles. The van der Waals surface area contributed by atoms with Crippen molar-refractivity contribution in [1.82, 2.24) is 19.7 Å². The van der Waals surface area contributed by atoms with Crippen LogP contribution in [-0.4, -0.2) is 50.9 Å². The molecule has 4 rings (SSSR count). The van der Waals surface area contributed by atoms with Gasteiger partial charge in [0, 0.05) is 37.5 Å². The number of carboxylic acids is 1. The second kappa shape index (κ2) is 7.56. The Hall–Kier alpha value is -2.99. The SMILES string of the molecule is C[C@@H]1CN(C)C[C@H]1n1ncc(-c2ccccc2)c1Cc1cnccc1C(=O)O. The molecule has 1 aliphatic rings. The summed E-state index contributed by atoms with van der Waals surface area (Å²) in [6.07, 6.45) is 5.56. The van der Waals surface area contributed by atoms with Crippen molar-refractivity contribution in [3.63, 3.8) is 0 Å². The second-order valence-corrected chi connectivity index (χ2v) is 7.60. The first kappa shape index (κ1) is 18.4. The lowest BCUT2D eigenvalue weighted by atomic mass is 9.98. The molecule has 1 saturated heterocycles. The molecule has 0 spiro atoms. The smallest absolute Gasteiger partial charge is 0.336 e. The molecule has 28 heavy (non-hydrogen) atoms. The van der Waals surface area contributed by atoms with Crippen molar-refractivity contribution in [2.45, 2.75) is 19.4 Å². The maximum absolute atomic E-state index is 11.7. The summed E-state index contributed by atoms with van der Waals surface area (Å²) in [6.45, 7) is 4.20. The lowest BCUT2D eigenvalue weighted by Gasteiger charge is -2.20. The van der Waals surface area contributed by atoms with Crippen LogP contribution >= 0.6 is 0 Å². The van der Waals surface area contributed by atoms with Crippen LogP contribution in [0.15, 0.2) is 55.0 Å². The summed E-state index contributed by atoms with van der Waals surface area (Å²) < 4.78 is 2.11. The molecular formula is C22H24N4O2. The number of carboxylic acid groups (broad SMARTS) is 1. The van der Waals surface area contributed by atoms with Gasteiger partial charge in [-0.25, -0.2) is 4.79 Å². The molecular weight excluding hydrogens is 352 g/mol. The molecule has 3 heterocycles. The number of likely N-dealkylation sites (tertiary alicyclic amines) is 1. The third-order valence-corrected chi connectivity index (χ3v) is 5.54. The molecule has 1 fully saturated rings. The van der Waals surface area contributed by atoms with E-state index in [1.807, 2.05) is 24.4 Å². The van der Waals surface area contributed by atoms with Crippen molar-refractivity contribution < 1.29 is 9.90 Å². The van der Waals surface area contributed by atoms with Crippen molar-refractivity contribution in [3.05, 3.63) is 71.8 Å². The van der Waals surface area contributed by atoms with Crippen LogP contribution in [0, 0.1) is 5.92 Å². The van der Waals surface area contributed by atoms with Crippen LogP contribution in [0.25, 0.3) is 11.1 Å². The quantitative estimate of drug-likeness (QED) is 0.739. The van der Waals surface area contributed by atoms with E-state index >= 15 is 0 Å². The average molecular weight is 376 g/mol. The Labute approximate surface area is 164 Å². The van der Waals surface area contributed by atoms with Crippen molar-refractivity contribution >= 4 is 5.97 Å². The Kier molecular flexibility index (Phi) is 4.96. The zero-order chi connectivity index (χ0) is 19.7. The monoisotopic (exact) mass is 376 g/mol. The van der Waals surface area contributed by atoms with Crippen LogP contribution in [-0.2, 0) is 6.42 Å². The number of pyridine rings is 1. The molecule has 0 saturated carbocycles. The van der Waals surface area contributed by atoms with Crippen LogP contribution in [0.1, 0.15) is 34.6 Å². The van der Waals surface area contributed by atoms with Crippen LogP contribution in [0.3, 0.4) is 0 Å². The van der Waals surface area contributed by atoms with E-state index in [-0.39, 0.29) is 6.04 Å². The zero-order valence-corrected chi connectivity index (χ0v) is 16.1. The Morgan fingerprint density at radius 3 is 2.64 bits per heavy atom. The third-order valence-electron chi connectivity index (χ3n) is 5.54. The van der Waals surface area contributed by atoms with E-state index in [9.17, 15) is 9.90 Å². The third kappa shape index (κ3) is 3.43. The van der Waals surface area contributed by atoms with Crippen molar-refractivity contribution in [2.24, 2.45) is 5.92 Å². The first-order chi connectivity index (χ1) is 13.5. The van der Waals surface area contributed by atoms with Gasteiger partial charge in [-0.05, 0) is 30.2 Å². The summed E-state index contributed by atoms with van der Waals surface area (Å²) in [6, 6.07) is 12.0. The molecule has 0 bridgehead atoms. The Balaban J connectivity index is 1.82. The first-order valence-corrected chi connectivity index (χ1v) is 9.51. The van der Waals surface area contributed by atoms with E-state index in [2.05, 4.69) is 40.7 Å². The lowest BCUT2D eigenvalue weighted by Crippen LogP contribution is -2.21. The number of rotatable bonds is 5. The Morgan fingerprint density at radius 2 is 1.96 bits per heavy atom. The average Bonchev–Trinajstić information content (AvgIpc) is 3.25. The summed E-state index contributed by atoms with van der Waals surface area (Å²) in [5, 5.41) is 14.3. The van der Waals surface area contributed by atoms with Gasteiger partial charge in [0.25, 0.3) is 0 Å². The maximum Gasteiger partial charge on any atom is 0.336 e. The van der Waals surface area contributed by atoms with Gasteiger partial charge in [-0.15, -0.1) is 0 Å². The molecule has 1 aromatic carbocycles. The fourth-order valence-electron chi connectivity index (χ4n) is 4.17. The van der Waals surface area contributed by atoms with Crippen molar-refractivity contribution in [1.29, 1.82) is 0 Å². The Bertz CT molecular complexity index is 983. The number of hydrogen-bond donors (Lipinski definition) is 1. The minimum Gasteiger partial charge on any atom is -0.478 e. The number of likely N-dealkylation sites (N-methyl/N-ethyl adjacent to an activating group) is 1. The minimum atomic E-state index is -0.932. The van der Waals surface area contributed by atoms with Crippen LogP contribution < -0.4 is 0 Å². The van der Waals surface area contributed by atoms with Gasteiger partial charge in [0.05, 0.1) is 23.5 Å². The first-order valence-electron chi connectivity index (χ1n) is 9.51. The summed E-state index contributed by atoms with van der Waals surface area (Å²) in [7, 11) is 2.13. The molecule has 6 nitrogen and oxygen atoms in total. The predicted octanol–water partition coefficient (Wildman–Crippen LogP) is 3.36. The van der Waals surface area contributed by atoms with Crippen LogP contribution in [0.4, 0.5) is 0 Å². The van der Waals surface area contributed by atoms with Crippen molar-refractivity contribution in [3.8, 4) is 11.1 Å². The van der Waals surface area contributed by atoms with E-state index in [0.717, 1.165) is 29.9 Å². The summed E-state index contributed by atoms with van der Waals surface area (Å²) in [5.41, 5.74) is 4.16. The highest BCUT2D eigenvalue weighted by Gasteiger charge is 2.32. The highest BCUT2D eigenvalue weighted by molar-refractivity contribution is 5.89. The topological polar surface area (TPSA) is 71.2 Å². The molecule has 2 aromatic heterocycles. The van der Waals surface area contributed by atoms with Gasteiger partial charge in [0.15, 0.2) is 0 Å². The zero-order valence-electron chi connectivity index (χ0n) is 16.1. The molecule has 3 aromatic rings. The van der Waals surface area contributed by atoms with Gasteiger partial charge in [-0.3, -0.25) is 9.67 Å². The van der Waals surface area contributed by atoms with E-state index in [0.29, 0.717) is 23.5 Å². The molecule has 0 amide bonds. The molecule has 0 unspecified atom stereocenters. The van der Waals surface area contributed by atoms with Gasteiger partial charge < -0.3 is 10.0 Å². The number of carbonyl (C=O) groups is 1. The lowest BCUT2D eigenvalue weighted by molar-refractivity contribution is 0.0695. The molecule has 6 heteroatoms. The molecule has 1 N–H and O–H groups in total. The number of hydrogen-bond acceptors (Lipinski definition) is 4. The van der Waals surface area contributed by atoms with Gasteiger partial charge in [-0.2, -0.15) is 5.10 Å². The van der Waals surface area contributed by atoms with Crippen LogP contribution in [0.5, 0.6) is 0 Å². The van der Waals surface area contributed by atoms with E-state index in [1.54, 1.807) is 12.3 Å². The van der Waals surface area contributed by atoms with Gasteiger partial charge in [0.1, 0.15) is 0 Å². The summed E-state index contributed by atoms with van der Waals surface area (Å²) in [4.78, 5) is 18.2. The number of nitrogens with zero attached hydrogens (tertiary/aromatic N) is 4. The fourth-order valence-corrected chi connectivity index (χ4v) is 4.17. The molecule has 0 radical (unpaired) electrons. The van der Waals surface area contributed by atoms with Gasteiger partial charge >= 0.3 is 5.97 Å². The number of benzene rings is 1. The maximum atomic E-state index is 11.7. The van der Waals surface area contributed by atoms with E-state index in [1.165, 1.54) is 6.20 Å². The van der Waals surface area contributed by atoms with Gasteiger partial charge in [-0.1, -0.05) is 37.3 Å². The largest absolute Gasteiger partial charge is 0.478 e. The summed E-state index contributed by atoms with van der Waals surface area (Å²) in [5.74, 6) is -0.459. The van der Waals surface area contributed by atoms with Gasteiger partial charge in [0.2, 0.25) is 0 Å². The minimum absolute atomic E-state index is 0.266. The fraction of sp³-hybridized carbons (Fsp3) is 0.318. The highest BCUT2D eigenvalue weighted by atomic mass is 16.4. The molecule has 144 valence electrons. The molecule has 2 atom stereocenters.